The van der Waals surface area contributed by atoms with Crippen molar-refractivity contribution in [2.24, 2.45) is 5.92 Å². The second-order valence-electron chi connectivity index (χ2n) is 8.38. The number of benzene rings is 1. The van der Waals surface area contributed by atoms with Gasteiger partial charge in [-0.2, -0.15) is 0 Å². The van der Waals surface area contributed by atoms with E-state index in [1.54, 1.807) is 0 Å². The van der Waals surface area contributed by atoms with Crippen LogP contribution in [0.3, 0.4) is 0 Å². The first kappa shape index (κ1) is 19.2. The highest BCUT2D eigenvalue weighted by atomic mass is 16.2. The quantitative estimate of drug-likeness (QED) is 0.806. The van der Waals surface area contributed by atoms with Gasteiger partial charge in [-0.3, -0.25) is 9.69 Å². The average Bonchev–Trinajstić information content (AvgIpc) is 2.67. The van der Waals surface area contributed by atoms with Gasteiger partial charge in [0.25, 0.3) is 0 Å². The smallest absolute Gasteiger partial charge is 0.222 e. The fourth-order valence-corrected chi connectivity index (χ4v) is 4.30. The molecule has 0 unspecified atom stereocenters. The zero-order chi connectivity index (χ0) is 18.5. The topological polar surface area (TPSA) is 26.8 Å². The highest BCUT2D eigenvalue weighted by Crippen LogP contribution is 2.24. The highest BCUT2D eigenvalue weighted by Gasteiger charge is 2.30. The number of para-hydroxylation sites is 1. The molecule has 0 aromatic heterocycles. The summed E-state index contributed by atoms with van der Waals surface area (Å²) in [5.74, 6) is 0.969. The van der Waals surface area contributed by atoms with Crippen LogP contribution in [-0.4, -0.2) is 61.0 Å². The third-order valence-electron chi connectivity index (χ3n) is 5.97. The number of carbonyl (C=O) groups is 1. The van der Waals surface area contributed by atoms with Crippen molar-refractivity contribution in [3.8, 4) is 0 Å². The molecule has 2 heterocycles. The average molecular weight is 358 g/mol. The standard InChI is InChI=1S/C22H35N3O/c1-18(2)10-11-22(26)25-12-6-8-20(17-25)23-13-15-24(16-14-23)21-9-5-4-7-19(21)3/h4-5,7,9,18,20H,6,8,10-17H2,1-3H3/t20-/m1/s1. The first-order valence-electron chi connectivity index (χ1n) is 10.4. The monoisotopic (exact) mass is 357 g/mol. The number of piperidine rings is 1. The third-order valence-corrected chi connectivity index (χ3v) is 5.97. The third kappa shape index (κ3) is 4.79. The summed E-state index contributed by atoms with van der Waals surface area (Å²) in [4.78, 5) is 19.8. The summed E-state index contributed by atoms with van der Waals surface area (Å²) in [6, 6.07) is 9.23. The van der Waals surface area contributed by atoms with Crippen LogP contribution in [-0.2, 0) is 4.79 Å². The van der Waals surface area contributed by atoms with Gasteiger partial charge in [-0.05, 0) is 43.7 Å². The molecule has 0 spiro atoms. The lowest BCUT2D eigenvalue weighted by molar-refractivity contribution is -0.133. The normalized spacial score (nSPS) is 22.1. The maximum absolute atomic E-state index is 12.5. The van der Waals surface area contributed by atoms with E-state index in [2.05, 4.69) is 59.7 Å². The van der Waals surface area contributed by atoms with E-state index in [0.717, 1.165) is 52.1 Å². The summed E-state index contributed by atoms with van der Waals surface area (Å²) in [7, 11) is 0. The molecule has 0 aliphatic carbocycles. The molecule has 3 rings (SSSR count). The van der Waals surface area contributed by atoms with E-state index in [4.69, 9.17) is 0 Å². The minimum absolute atomic E-state index is 0.363. The van der Waals surface area contributed by atoms with Crippen LogP contribution >= 0.6 is 0 Å². The molecule has 144 valence electrons. The van der Waals surface area contributed by atoms with Crippen LogP contribution in [0.1, 0.15) is 45.1 Å². The molecule has 2 aliphatic heterocycles. The minimum Gasteiger partial charge on any atom is -0.369 e. The summed E-state index contributed by atoms with van der Waals surface area (Å²) >= 11 is 0. The number of likely N-dealkylation sites (tertiary alicyclic amines) is 1. The van der Waals surface area contributed by atoms with E-state index < -0.39 is 0 Å². The van der Waals surface area contributed by atoms with Crippen LogP contribution in [0.4, 0.5) is 5.69 Å². The predicted octanol–water partition coefficient (Wildman–Crippen LogP) is 3.54. The lowest BCUT2D eigenvalue weighted by Gasteiger charge is -2.44. The molecule has 1 atom stereocenters. The van der Waals surface area contributed by atoms with Gasteiger partial charge in [0.05, 0.1) is 0 Å². The maximum atomic E-state index is 12.5. The van der Waals surface area contributed by atoms with Crippen molar-refractivity contribution in [2.75, 3.05) is 44.2 Å². The van der Waals surface area contributed by atoms with Crippen molar-refractivity contribution in [1.82, 2.24) is 9.80 Å². The van der Waals surface area contributed by atoms with Gasteiger partial charge in [-0.25, -0.2) is 0 Å². The largest absolute Gasteiger partial charge is 0.369 e. The SMILES string of the molecule is Cc1ccccc1N1CCN([C@@H]2CCCN(C(=O)CCC(C)C)C2)CC1. The Balaban J connectivity index is 1.51. The van der Waals surface area contributed by atoms with Crippen LogP contribution in [0.25, 0.3) is 0 Å². The zero-order valence-corrected chi connectivity index (χ0v) is 16.8. The first-order valence-corrected chi connectivity index (χ1v) is 10.4. The van der Waals surface area contributed by atoms with Crippen LogP contribution < -0.4 is 4.90 Å². The van der Waals surface area contributed by atoms with E-state index in [0.29, 0.717) is 24.3 Å². The van der Waals surface area contributed by atoms with E-state index >= 15 is 0 Å². The number of anilines is 1. The predicted molar refractivity (Wildman–Crippen MR) is 109 cm³/mol. The number of piperazine rings is 1. The first-order chi connectivity index (χ1) is 12.5. The van der Waals surface area contributed by atoms with Crippen molar-refractivity contribution in [3.63, 3.8) is 0 Å². The molecule has 1 aromatic carbocycles. The van der Waals surface area contributed by atoms with Crippen LogP contribution in [0, 0.1) is 12.8 Å². The Kier molecular flexibility index (Phi) is 6.58. The Morgan fingerprint density at radius 3 is 2.54 bits per heavy atom. The van der Waals surface area contributed by atoms with E-state index in [1.165, 1.54) is 17.7 Å². The number of nitrogens with zero attached hydrogens (tertiary/aromatic N) is 3. The molecule has 2 fully saturated rings. The van der Waals surface area contributed by atoms with Crippen LogP contribution in [0.5, 0.6) is 0 Å². The summed E-state index contributed by atoms with van der Waals surface area (Å²) in [5.41, 5.74) is 2.74. The molecule has 2 aliphatic rings. The molecule has 1 aromatic rings. The minimum atomic E-state index is 0.363. The van der Waals surface area contributed by atoms with Gasteiger partial charge in [0.2, 0.25) is 5.91 Å². The van der Waals surface area contributed by atoms with Crippen molar-refractivity contribution < 1.29 is 4.79 Å². The molecule has 0 saturated carbocycles. The van der Waals surface area contributed by atoms with Gasteiger partial charge in [0, 0.05) is 57.4 Å². The Bertz CT molecular complexity index is 593. The van der Waals surface area contributed by atoms with Crippen LogP contribution in [0.2, 0.25) is 0 Å². The van der Waals surface area contributed by atoms with Gasteiger partial charge >= 0.3 is 0 Å². The zero-order valence-electron chi connectivity index (χ0n) is 16.8. The molecule has 2 saturated heterocycles. The molecule has 26 heavy (non-hydrogen) atoms. The fraction of sp³-hybridized carbons (Fsp3) is 0.682. The summed E-state index contributed by atoms with van der Waals surface area (Å²) in [6.45, 7) is 12.9. The van der Waals surface area contributed by atoms with Gasteiger partial charge < -0.3 is 9.80 Å². The number of hydrogen-bond acceptors (Lipinski definition) is 3. The van der Waals surface area contributed by atoms with Crippen LogP contribution in [0.15, 0.2) is 24.3 Å². The molecule has 0 N–H and O–H groups in total. The number of aryl methyl sites for hydroxylation is 1. The second-order valence-corrected chi connectivity index (χ2v) is 8.38. The van der Waals surface area contributed by atoms with E-state index in [1.807, 2.05) is 0 Å². The van der Waals surface area contributed by atoms with Crippen molar-refractivity contribution in [2.45, 2.75) is 52.5 Å². The summed E-state index contributed by atoms with van der Waals surface area (Å²) in [5, 5.41) is 0. The molecule has 4 nitrogen and oxygen atoms in total. The highest BCUT2D eigenvalue weighted by molar-refractivity contribution is 5.76. The fourth-order valence-electron chi connectivity index (χ4n) is 4.30. The van der Waals surface area contributed by atoms with E-state index in [9.17, 15) is 4.79 Å². The van der Waals surface area contributed by atoms with E-state index in [-0.39, 0.29) is 0 Å². The van der Waals surface area contributed by atoms with Gasteiger partial charge in [-0.1, -0.05) is 32.0 Å². The Morgan fingerprint density at radius 2 is 1.85 bits per heavy atom. The maximum Gasteiger partial charge on any atom is 0.222 e. The molecular formula is C22H35N3O. The Morgan fingerprint density at radius 1 is 1.12 bits per heavy atom. The molecule has 4 heteroatoms. The van der Waals surface area contributed by atoms with Gasteiger partial charge in [0.1, 0.15) is 0 Å². The van der Waals surface area contributed by atoms with Gasteiger partial charge in [0.15, 0.2) is 0 Å². The summed E-state index contributed by atoms with van der Waals surface area (Å²) < 4.78 is 0. The van der Waals surface area contributed by atoms with Crippen molar-refractivity contribution >= 4 is 11.6 Å². The number of hydrogen-bond donors (Lipinski definition) is 0. The molecule has 0 radical (unpaired) electrons. The van der Waals surface area contributed by atoms with Gasteiger partial charge in [-0.15, -0.1) is 0 Å². The lowest BCUT2D eigenvalue weighted by Crippen LogP contribution is -2.56. The number of rotatable bonds is 5. The van der Waals surface area contributed by atoms with Crippen molar-refractivity contribution in [3.05, 3.63) is 29.8 Å². The number of amides is 1. The Labute approximate surface area is 159 Å². The number of carbonyl (C=O) groups excluding carboxylic acids is 1. The second kappa shape index (κ2) is 8.90. The lowest BCUT2D eigenvalue weighted by atomic mass is 10.0. The molecule has 0 bridgehead atoms. The summed E-state index contributed by atoms with van der Waals surface area (Å²) in [6.07, 6.45) is 4.11. The molecular weight excluding hydrogens is 322 g/mol. The Hall–Kier alpha value is -1.55. The molecule has 1 amide bonds. The van der Waals surface area contributed by atoms with Crippen molar-refractivity contribution in [1.29, 1.82) is 0 Å².